The number of carbonyl (C=O) groups is 1. The van der Waals surface area contributed by atoms with Crippen LogP contribution in [0.3, 0.4) is 0 Å². The molecule has 1 aliphatic heterocycles. The van der Waals surface area contributed by atoms with Gasteiger partial charge in [-0.15, -0.1) is 5.10 Å². The third kappa shape index (κ3) is 3.90. The molecule has 0 radical (unpaired) electrons. The number of halogens is 1. The highest BCUT2D eigenvalue weighted by molar-refractivity contribution is 7.98. The summed E-state index contributed by atoms with van der Waals surface area (Å²) in [5.74, 6) is 1.17. The van der Waals surface area contributed by atoms with Gasteiger partial charge in [0.15, 0.2) is 5.78 Å². The lowest BCUT2D eigenvalue weighted by atomic mass is 9.73. The number of nitrogens with one attached hydrogen (secondary N) is 1. The quantitative estimate of drug-likeness (QED) is 0.560. The monoisotopic (exact) mass is 434 g/mol. The van der Waals surface area contributed by atoms with Crippen molar-refractivity contribution in [1.29, 1.82) is 0 Å². The molecule has 3 aromatic rings. The van der Waals surface area contributed by atoms with Gasteiger partial charge in [0, 0.05) is 23.4 Å². The average molecular weight is 435 g/mol. The van der Waals surface area contributed by atoms with Crippen LogP contribution in [0.2, 0.25) is 0 Å². The second-order valence-corrected chi connectivity index (χ2v) is 9.79. The van der Waals surface area contributed by atoms with Gasteiger partial charge in [-0.3, -0.25) is 4.79 Å². The van der Waals surface area contributed by atoms with Crippen molar-refractivity contribution in [1.82, 2.24) is 14.8 Å². The van der Waals surface area contributed by atoms with E-state index in [0.717, 1.165) is 23.4 Å². The Bertz CT molecular complexity index is 1170. The summed E-state index contributed by atoms with van der Waals surface area (Å²) in [5, 5.41) is 8.75. The fourth-order valence-electron chi connectivity index (χ4n) is 4.33. The molecule has 0 bridgehead atoms. The van der Waals surface area contributed by atoms with Crippen molar-refractivity contribution < 1.29 is 9.18 Å². The van der Waals surface area contributed by atoms with E-state index in [1.807, 2.05) is 18.2 Å². The average Bonchev–Trinajstić information content (AvgIpc) is 3.14. The van der Waals surface area contributed by atoms with Crippen molar-refractivity contribution in [3.05, 3.63) is 82.8 Å². The van der Waals surface area contributed by atoms with E-state index >= 15 is 0 Å². The lowest BCUT2D eigenvalue weighted by molar-refractivity contribution is -0.118. The van der Waals surface area contributed by atoms with E-state index in [0.29, 0.717) is 23.1 Å². The van der Waals surface area contributed by atoms with E-state index in [4.69, 9.17) is 10.1 Å². The Kier molecular flexibility index (Phi) is 4.93. The molecule has 0 saturated carbocycles. The maximum Gasteiger partial charge on any atom is 0.227 e. The predicted octanol–water partition coefficient (Wildman–Crippen LogP) is 5.37. The highest BCUT2D eigenvalue weighted by atomic mass is 32.2. The molecule has 2 aromatic carbocycles. The van der Waals surface area contributed by atoms with Gasteiger partial charge in [0.05, 0.1) is 0 Å². The minimum atomic E-state index is -0.408. The Morgan fingerprint density at radius 3 is 2.61 bits per heavy atom. The van der Waals surface area contributed by atoms with Gasteiger partial charge in [-0.05, 0) is 35.1 Å². The Morgan fingerprint density at radius 1 is 1.13 bits per heavy atom. The number of Topliss-reactive ketones (excluding diaryl/α,β-unsaturated/α-hetero) is 1. The molecule has 0 fully saturated rings. The highest BCUT2D eigenvalue weighted by Gasteiger charge is 2.41. The first-order chi connectivity index (χ1) is 14.9. The number of hydrogen-bond acceptors (Lipinski definition) is 5. The zero-order valence-corrected chi connectivity index (χ0v) is 18.2. The SMILES string of the molecule is CC1(C)CC(=O)C2=C(C1)Nc1nc(SCc3ccccc3)nn1[C@H]2c1ccc(F)cc1. The minimum absolute atomic E-state index is 0.104. The summed E-state index contributed by atoms with van der Waals surface area (Å²) < 4.78 is 15.4. The summed E-state index contributed by atoms with van der Waals surface area (Å²) in [6.07, 6.45) is 1.23. The summed E-state index contributed by atoms with van der Waals surface area (Å²) in [6.45, 7) is 4.20. The van der Waals surface area contributed by atoms with Crippen LogP contribution in [0.1, 0.15) is 43.9 Å². The molecule has 0 amide bonds. The van der Waals surface area contributed by atoms with Crippen LogP contribution in [-0.2, 0) is 10.5 Å². The number of ketones is 1. The van der Waals surface area contributed by atoms with Crippen LogP contribution < -0.4 is 5.32 Å². The van der Waals surface area contributed by atoms with Gasteiger partial charge in [0.2, 0.25) is 11.1 Å². The molecule has 0 spiro atoms. The Balaban J connectivity index is 1.54. The zero-order valence-electron chi connectivity index (χ0n) is 17.4. The number of nitrogens with zero attached hydrogens (tertiary/aromatic N) is 3. The molecule has 0 unspecified atom stereocenters. The molecule has 1 aromatic heterocycles. The van der Waals surface area contributed by atoms with E-state index in [-0.39, 0.29) is 17.0 Å². The standard InChI is InChI=1S/C24H23FN4OS/c1-24(2)12-18-20(19(30)13-24)21(16-8-10-17(25)11-9-16)29-22(26-18)27-23(28-29)31-14-15-6-4-3-5-7-15/h3-11,21H,12-14H2,1-2H3,(H,26,27,28)/t21-/m0/s1. The highest BCUT2D eigenvalue weighted by Crippen LogP contribution is 2.45. The smallest absolute Gasteiger partial charge is 0.227 e. The van der Waals surface area contributed by atoms with Crippen LogP contribution in [0.5, 0.6) is 0 Å². The number of aromatic nitrogens is 3. The number of benzene rings is 2. The number of anilines is 1. The van der Waals surface area contributed by atoms with Crippen LogP contribution in [-0.4, -0.2) is 20.5 Å². The van der Waals surface area contributed by atoms with Gasteiger partial charge in [-0.1, -0.05) is 68.1 Å². The Hall–Kier alpha value is -2.93. The maximum absolute atomic E-state index is 13.6. The maximum atomic E-state index is 13.6. The number of fused-ring (bicyclic) bond motifs is 1. The van der Waals surface area contributed by atoms with Crippen LogP contribution in [0.4, 0.5) is 10.3 Å². The van der Waals surface area contributed by atoms with Crippen molar-refractivity contribution in [2.45, 2.75) is 43.6 Å². The van der Waals surface area contributed by atoms with Gasteiger partial charge in [0.1, 0.15) is 11.9 Å². The first-order valence-electron chi connectivity index (χ1n) is 10.3. The first-order valence-corrected chi connectivity index (χ1v) is 11.3. The second kappa shape index (κ2) is 7.64. The molecule has 1 N–H and O–H groups in total. The predicted molar refractivity (Wildman–Crippen MR) is 119 cm³/mol. The van der Waals surface area contributed by atoms with Gasteiger partial charge in [-0.2, -0.15) is 4.98 Å². The van der Waals surface area contributed by atoms with Crippen LogP contribution >= 0.6 is 11.8 Å². The van der Waals surface area contributed by atoms with Gasteiger partial charge in [0.25, 0.3) is 0 Å². The van der Waals surface area contributed by atoms with Gasteiger partial charge >= 0.3 is 0 Å². The molecule has 1 aliphatic carbocycles. The zero-order chi connectivity index (χ0) is 21.6. The van der Waals surface area contributed by atoms with Crippen molar-refractivity contribution >= 4 is 23.5 Å². The summed E-state index contributed by atoms with van der Waals surface area (Å²) in [4.78, 5) is 17.9. The molecule has 0 saturated heterocycles. The van der Waals surface area contributed by atoms with Crippen molar-refractivity contribution in [3.63, 3.8) is 0 Å². The molecule has 5 nitrogen and oxygen atoms in total. The Labute approximate surface area is 184 Å². The summed E-state index contributed by atoms with van der Waals surface area (Å²) in [6, 6.07) is 16.1. The van der Waals surface area contributed by atoms with E-state index < -0.39 is 6.04 Å². The third-order valence-electron chi connectivity index (χ3n) is 5.71. The fraction of sp³-hybridized carbons (Fsp3) is 0.292. The van der Waals surface area contributed by atoms with Crippen LogP contribution in [0, 0.1) is 11.2 Å². The summed E-state index contributed by atoms with van der Waals surface area (Å²) in [7, 11) is 0. The fourth-order valence-corrected chi connectivity index (χ4v) is 5.11. The second-order valence-electron chi connectivity index (χ2n) is 8.85. The number of allylic oxidation sites excluding steroid dienone is 2. The Morgan fingerprint density at radius 2 is 1.87 bits per heavy atom. The third-order valence-corrected chi connectivity index (χ3v) is 6.62. The van der Waals surface area contributed by atoms with E-state index in [2.05, 4.69) is 31.3 Å². The van der Waals surface area contributed by atoms with Crippen molar-refractivity contribution in [2.75, 3.05) is 5.32 Å². The normalized spacial score (nSPS) is 19.6. The van der Waals surface area contributed by atoms with E-state index in [1.165, 1.54) is 17.7 Å². The summed E-state index contributed by atoms with van der Waals surface area (Å²) in [5.41, 5.74) is 3.51. The number of thioether (sulfide) groups is 1. The molecular weight excluding hydrogens is 411 g/mol. The molecule has 2 aliphatic rings. The first kappa shape index (κ1) is 20.0. The topological polar surface area (TPSA) is 59.8 Å². The van der Waals surface area contributed by atoms with Crippen LogP contribution in [0.25, 0.3) is 0 Å². The van der Waals surface area contributed by atoms with Gasteiger partial charge in [-0.25, -0.2) is 9.07 Å². The molecule has 31 heavy (non-hydrogen) atoms. The molecule has 2 heterocycles. The lowest BCUT2D eigenvalue weighted by Gasteiger charge is -2.38. The molecule has 7 heteroatoms. The molecule has 1 atom stereocenters. The van der Waals surface area contributed by atoms with E-state index in [1.54, 1.807) is 28.6 Å². The largest absolute Gasteiger partial charge is 0.328 e. The van der Waals surface area contributed by atoms with Gasteiger partial charge < -0.3 is 5.32 Å². The van der Waals surface area contributed by atoms with Crippen molar-refractivity contribution in [3.8, 4) is 0 Å². The van der Waals surface area contributed by atoms with E-state index in [9.17, 15) is 9.18 Å². The molecular formula is C24H23FN4OS. The number of carbonyl (C=O) groups excluding carboxylic acids is 1. The summed E-state index contributed by atoms with van der Waals surface area (Å²) >= 11 is 1.55. The number of rotatable bonds is 4. The minimum Gasteiger partial charge on any atom is -0.328 e. The number of hydrogen-bond donors (Lipinski definition) is 1. The lowest BCUT2D eigenvalue weighted by Crippen LogP contribution is -2.36. The van der Waals surface area contributed by atoms with Crippen molar-refractivity contribution in [2.24, 2.45) is 5.41 Å². The molecule has 158 valence electrons. The van der Waals surface area contributed by atoms with Crippen LogP contribution in [0.15, 0.2) is 71.0 Å². The molecule has 5 rings (SSSR count).